The van der Waals surface area contributed by atoms with Gasteiger partial charge in [-0.1, -0.05) is 6.07 Å². The highest BCUT2D eigenvalue weighted by atomic mass is 79.9. The van der Waals surface area contributed by atoms with Crippen LogP contribution in [-0.2, 0) is 0 Å². The molecule has 2 N–H and O–H groups in total. The highest BCUT2D eigenvalue weighted by Gasteiger charge is 2.48. The molecule has 5 nitrogen and oxygen atoms in total. The number of carbonyl (C=O) groups is 1. The lowest BCUT2D eigenvalue weighted by molar-refractivity contribution is -0.173. The fraction of sp³-hybridized carbons (Fsp3) is 0.500. The molecule has 3 heterocycles. The number of nitrogens with zero attached hydrogens (tertiary/aromatic N) is 2. The van der Waals surface area contributed by atoms with Crippen molar-refractivity contribution < 1.29 is 18.0 Å². The summed E-state index contributed by atoms with van der Waals surface area (Å²) in [6, 6.07) is 1.29. The topological polar surface area (TPSA) is 59.0 Å². The number of halogens is 4. The first kappa shape index (κ1) is 19.2. The predicted octanol–water partition coefficient (Wildman–Crippen LogP) is 4.90. The van der Waals surface area contributed by atoms with Crippen molar-refractivity contribution in [1.29, 1.82) is 0 Å². The fourth-order valence-corrected chi connectivity index (χ4v) is 4.16. The molecule has 0 bridgehead atoms. The molecular formula is C16H18BrF3N4OS. The Kier molecular flexibility index (Phi) is 4.85. The average Bonchev–Trinajstić information content (AvgIpc) is 3.12. The molecular weight excluding hydrogens is 433 g/mol. The summed E-state index contributed by atoms with van der Waals surface area (Å²) in [6.07, 6.45) is -4.67. The number of rotatable bonds is 2. The fourth-order valence-electron chi connectivity index (χ4n) is 2.81. The van der Waals surface area contributed by atoms with E-state index in [2.05, 4.69) is 31.7 Å². The number of hydrogen-bond acceptors (Lipinski definition) is 4. The molecule has 0 saturated carbocycles. The second-order valence-electron chi connectivity index (χ2n) is 7.17. The minimum absolute atomic E-state index is 0.0662. The van der Waals surface area contributed by atoms with Gasteiger partial charge in [-0.15, -0.1) is 11.3 Å². The van der Waals surface area contributed by atoms with E-state index in [-0.39, 0.29) is 22.4 Å². The summed E-state index contributed by atoms with van der Waals surface area (Å²) in [4.78, 5) is 13.2. The van der Waals surface area contributed by atoms with Gasteiger partial charge in [0.15, 0.2) is 11.7 Å². The zero-order valence-electron chi connectivity index (χ0n) is 14.3. The largest absolute Gasteiger partial charge is 0.410 e. The molecule has 10 heteroatoms. The summed E-state index contributed by atoms with van der Waals surface area (Å²) in [5.74, 6) is -0.363. The third-order valence-electron chi connectivity index (χ3n) is 3.89. The van der Waals surface area contributed by atoms with E-state index in [0.717, 1.165) is 9.56 Å². The van der Waals surface area contributed by atoms with Crippen molar-refractivity contribution in [3.63, 3.8) is 0 Å². The Morgan fingerprint density at radius 1 is 1.42 bits per heavy atom. The molecule has 0 saturated heterocycles. The Hall–Kier alpha value is -1.55. The van der Waals surface area contributed by atoms with Gasteiger partial charge in [0.25, 0.3) is 5.91 Å². The molecule has 3 rings (SSSR count). The Balaban J connectivity index is 2.03. The molecule has 0 aromatic carbocycles. The number of alkyl halides is 3. The van der Waals surface area contributed by atoms with Crippen LogP contribution in [0.1, 0.15) is 54.6 Å². The van der Waals surface area contributed by atoms with Gasteiger partial charge in [0, 0.05) is 16.8 Å². The Morgan fingerprint density at radius 3 is 2.65 bits per heavy atom. The van der Waals surface area contributed by atoms with Gasteiger partial charge in [0.05, 0.1) is 10.5 Å². The van der Waals surface area contributed by atoms with Gasteiger partial charge >= 0.3 is 6.18 Å². The Labute approximate surface area is 161 Å². The zero-order chi connectivity index (χ0) is 19.3. The smallest absolute Gasteiger partial charge is 0.362 e. The number of fused-ring (bicyclic) bond motifs is 1. The van der Waals surface area contributed by atoms with Crippen LogP contribution in [0.25, 0.3) is 0 Å². The molecule has 2 atom stereocenters. The van der Waals surface area contributed by atoms with Crippen molar-refractivity contribution in [1.82, 2.24) is 15.1 Å². The lowest BCUT2D eigenvalue weighted by Crippen LogP contribution is -2.41. The first-order valence-corrected chi connectivity index (χ1v) is 9.62. The van der Waals surface area contributed by atoms with Crippen LogP contribution in [-0.4, -0.2) is 27.4 Å². The molecule has 0 aliphatic carbocycles. The maximum Gasteiger partial charge on any atom is 0.410 e. The number of anilines is 1. The molecule has 1 aliphatic rings. The van der Waals surface area contributed by atoms with Gasteiger partial charge < -0.3 is 10.6 Å². The van der Waals surface area contributed by atoms with Crippen LogP contribution in [0.5, 0.6) is 0 Å². The van der Waals surface area contributed by atoms with Crippen LogP contribution < -0.4 is 10.6 Å². The van der Waals surface area contributed by atoms with Crippen molar-refractivity contribution in [2.75, 3.05) is 5.32 Å². The predicted molar refractivity (Wildman–Crippen MR) is 97.5 cm³/mol. The normalized spacial score (nSPS) is 20.4. The van der Waals surface area contributed by atoms with Gasteiger partial charge in [-0.3, -0.25) is 4.79 Å². The van der Waals surface area contributed by atoms with Crippen LogP contribution in [0.3, 0.4) is 0 Å². The van der Waals surface area contributed by atoms with Gasteiger partial charge in [-0.25, -0.2) is 4.68 Å². The number of carbonyl (C=O) groups excluding carboxylic acids is 1. The van der Waals surface area contributed by atoms with E-state index >= 15 is 0 Å². The molecule has 0 spiro atoms. The summed E-state index contributed by atoms with van der Waals surface area (Å²) < 4.78 is 42.0. The van der Waals surface area contributed by atoms with Crippen molar-refractivity contribution in [2.24, 2.45) is 0 Å². The molecule has 0 radical (unpaired) electrons. The number of nitrogens with one attached hydrogen (secondary N) is 2. The van der Waals surface area contributed by atoms with Crippen LogP contribution in [0.15, 0.2) is 22.0 Å². The van der Waals surface area contributed by atoms with Crippen molar-refractivity contribution in [3.8, 4) is 0 Å². The molecule has 0 unspecified atom stereocenters. The van der Waals surface area contributed by atoms with E-state index < -0.39 is 29.7 Å². The minimum atomic E-state index is -4.48. The highest BCUT2D eigenvalue weighted by Crippen LogP contribution is 2.46. The van der Waals surface area contributed by atoms with Crippen molar-refractivity contribution >= 4 is 39.0 Å². The van der Waals surface area contributed by atoms with Gasteiger partial charge in [-0.05, 0) is 48.1 Å². The number of hydrogen-bond donors (Lipinski definition) is 2. The van der Waals surface area contributed by atoms with E-state index in [1.165, 1.54) is 11.3 Å². The van der Waals surface area contributed by atoms with Crippen molar-refractivity contribution in [3.05, 3.63) is 32.6 Å². The first-order valence-electron chi connectivity index (χ1n) is 7.94. The monoisotopic (exact) mass is 450 g/mol. The number of aromatic nitrogens is 2. The van der Waals surface area contributed by atoms with E-state index in [0.29, 0.717) is 0 Å². The van der Waals surface area contributed by atoms with E-state index in [4.69, 9.17) is 0 Å². The standard InChI is InChI=1S/C16H18BrF3N4OS/c1-15(2,3)22-14(25)12-11(17)13-21-8(9-5-4-6-26-9)7-10(16(18,19)20)24(13)23-12/h4-6,8,10,21H,7H2,1-3H3,(H,22,25)/t8-,10-/m1/s1. The number of amides is 1. The van der Waals surface area contributed by atoms with E-state index in [1.54, 1.807) is 32.9 Å². The summed E-state index contributed by atoms with van der Waals surface area (Å²) in [5, 5.41) is 11.6. The van der Waals surface area contributed by atoms with Crippen molar-refractivity contribution in [2.45, 2.75) is 51.0 Å². The Morgan fingerprint density at radius 2 is 2.12 bits per heavy atom. The van der Waals surface area contributed by atoms with Gasteiger partial charge in [0.1, 0.15) is 5.82 Å². The second kappa shape index (κ2) is 6.56. The van der Waals surface area contributed by atoms with Crippen LogP contribution in [0, 0.1) is 0 Å². The summed E-state index contributed by atoms with van der Waals surface area (Å²) in [6.45, 7) is 5.37. The zero-order valence-corrected chi connectivity index (χ0v) is 16.7. The maximum atomic E-state index is 13.6. The van der Waals surface area contributed by atoms with Crippen LogP contribution >= 0.6 is 27.3 Å². The summed E-state index contributed by atoms with van der Waals surface area (Å²) in [5.41, 5.74) is -0.597. The lowest BCUT2D eigenvalue weighted by atomic mass is 10.0. The number of thiophene rings is 1. The summed E-state index contributed by atoms with van der Waals surface area (Å²) >= 11 is 4.65. The summed E-state index contributed by atoms with van der Waals surface area (Å²) in [7, 11) is 0. The minimum Gasteiger partial charge on any atom is -0.362 e. The quantitative estimate of drug-likeness (QED) is 0.684. The van der Waals surface area contributed by atoms with Crippen LogP contribution in [0.2, 0.25) is 0 Å². The Bertz CT molecular complexity index is 811. The maximum absolute atomic E-state index is 13.6. The molecule has 0 fully saturated rings. The molecule has 142 valence electrons. The second-order valence-corrected chi connectivity index (χ2v) is 8.94. The highest BCUT2D eigenvalue weighted by molar-refractivity contribution is 9.10. The molecule has 1 aliphatic heterocycles. The van der Waals surface area contributed by atoms with E-state index in [1.807, 2.05) is 5.38 Å². The van der Waals surface area contributed by atoms with E-state index in [9.17, 15) is 18.0 Å². The molecule has 26 heavy (non-hydrogen) atoms. The SMILES string of the molecule is CC(C)(C)NC(=O)c1nn2c(c1Br)N[C@@H](c1cccs1)C[C@@H]2C(F)(F)F. The first-order chi connectivity index (χ1) is 12.0. The molecule has 2 aromatic heterocycles. The molecule has 1 amide bonds. The molecule has 2 aromatic rings. The third-order valence-corrected chi connectivity index (χ3v) is 5.62. The lowest BCUT2D eigenvalue weighted by Gasteiger charge is -2.33. The third kappa shape index (κ3) is 3.75. The van der Waals surface area contributed by atoms with Gasteiger partial charge in [-0.2, -0.15) is 18.3 Å². The van der Waals surface area contributed by atoms with Crippen LogP contribution in [0.4, 0.5) is 19.0 Å². The average molecular weight is 451 g/mol. The van der Waals surface area contributed by atoms with Gasteiger partial charge in [0.2, 0.25) is 0 Å².